The van der Waals surface area contributed by atoms with E-state index in [2.05, 4.69) is 43.6 Å². The molecule has 74 heavy (non-hydrogen) atoms. The Hall–Kier alpha value is -8.05. The molecule has 0 aliphatic carbocycles. The Balaban J connectivity index is 0.000000203. The molecule has 22 heteroatoms. The molecule has 4 aromatic carbocycles. The van der Waals surface area contributed by atoms with Crippen LogP contribution in [0.5, 0.6) is 0 Å². The standard InChI is InChI=1S/C26H21F2N3O4.C20H18ClN3O4.C6H5BF2O2/c1-3-35-24(32)22-15-21(19-14-18(27)7-8-20(19)28)29-23(30-22)17-6-4-5-16(13-17)9-10-26(34)11-12-31(2)25(26)33;1-3-28-18(25)15-12-16(21)23-17(22-15)14-6-4-5-13(11-14)7-8-20(27)9-10-24(2)19(20)26;8-4-1-2-6(9)5(3-4)7(10)11/h4-8,13-15,34H,3,11-12H2,1-2H3;4-6,11-12,27H,3,9-10H2,1-2H3;1-3,10-11H/t26-;20-;/m00./s1. The molecule has 0 spiro atoms. The van der Waals surface area contributed by atoms with Crippen LogP contribution >= 0.6 is 11.6 Å². The van der Waals surface area contributed by atoms with Crippen molar-refractivity contribution < 1.29 is 66.5 Å². The predicted molar refractivity (Wildman–Crippen MR) is 262 cm³/mol. The van der Waals surface area contributed by atoms with E-state index in [9.17, 15) is 47.0 Å². The van der Waals surface area contributed by atoms with Gasteiger partial charge in [0, 0.05) is 79.4 Å². The molecule has 0 saturated carbocycles. The number of hydrogen-bond donors (Lipinski definition) is 4. The van der Waals surface area contributed by atoms with E-state index in [0.29, 0.717) is 35.3 Å². The number of carbonyl (C=O) groups excluding carboxylic acids is 4. The second-order valence-electron chi connectivity index (χ2n) is 16.3. The van der Waals surface area contributed by atoms with Gasteiger partial charge in [0.2, 0.25) is 11.2 Å². The fourth-order valence-corrected chi connectivity index (χ4v) is 7.23. The minimum Gasteiger partial charge on any atom is -0.461 e. The van der Waals surface area contributed by atoms with E-state index >= 15 is 0 Å². The largest absolute Gasteiger partial charge is 0.491 e. The molecule has 16 nitrogen and oxygen atoms in total. The Labute approximate surface area is 426 Å². The first kappa shape index (κ1) is 55.3. The summed E-state index contributed by atoms with van der Waals surface area (Å²) < 4.78 is 63.1. The van der Waals surface area contributed by atoms with Crippen molar-refractivity contribution in [3.8, 4) is 57.7 Å². The van der Waals surface area contributed by atoms with Crippen molar-refractivity contribution >= 4 is 47.9 Å². The molecule has 6 aromatic rings. The molecule has 2 amide bonds. The number of amides is 2. The second-order valence-corrected chi connectivity index (χ2v) is 16.7. The van der Waals surface area contributed by atoms with Crippen LogP contribution in [0.1, 0.15) is 58.8 Å². The predicted octanol–water partition coefficient (Wildman–Crippen LogP) is 4.77. The highest BCUT2D eigenvalue weighted by atomic mass is 35.5. The van der Waals surface area contributed by atoms with Gasteiger partial charge in [-0.3, -0.25) is 9.59 Å². The van der Waals surface area contributed by atoms with Crippen molar-refractivity contribution in [3.63, 3.8) is 0 Å². The van der Waals surface area contributed by atoms with E-state index in [0.717, 1.165) is 36.4 Å². The monoisotopic (exact) mass is 1030 g/mol. The van der Waals surface area contributed by atoms with E-state index in [-0.39, 0.29) is 65.5 Å². The van der Waals surface area contributed by atoms with Crippen molar-refractivity contribution in [2.45, 2.75) is 37.9 Å². The molecule has 0 radical (unpaired) electrons. The Morgan fingerprint density at radius 2 is 1.14 bits per heavy atom. The summed E-state index contributed by atoms with van der Waals surface area (Å²) in [5.74, 6) is 6.13. The number of ether oxygens (including phenoxy) is 2. The van der Waals surface area contributed by atoms with E-state index < -0.39 is 70.8 Å². The summed E-state index contributed by atoms with van der Waals surface area (Å²) in [4.78, 5) is 68.3. The average Bonchev–Trinajstić information content (AvgIpc) is 3.80. The SMILES string of the molecule is CCOC(=O)c1cc(-c2cc(F)ccc2F)nc(-c2cccc(C#C[C@]3(O)CCN(C)C3=O)c2)n1.CCOC(=O)c1cc(Cl)nc(-c2cccc(C#C[C@]3(O)CCN(C)C3=O)c2)n1.OB(O)c1cc(F)ccc1F. The lowest BCUT2D eigenvalue weighted by molar-refractivity contribution is -0.138. The average molecular weight is 1040 g/mol. The van der Waals surface area contributed by atoms with Gasteiger partial charge in [-0.25, -0.2) is 47.1 Å². The maximum absolute atomic E-state index is 14.5. The zero-order valence-corrected chi connectivity index (χ0v) is 40.6. The van der Waals surface area contributed by atoms with Gasteiger partial charge in [-0.05, 0) is 80.6 Å². The highest BCUT2D eigenvalue weighted by molar-refractivity contribution is 6.58. The number of carbonyl (C=O) groups is 4. The number of benzene rings is 4. The van der Waals surface area contributed by atoms with Gasteiger partial charge in [0.1, 0.15) is 28.4 Å². The molecule has 2 aliphatic rings. The van der Waals surface area contributed by atoms with Gasteiger partial charge in [-0.15, -0.1) is 0 Å². The molecule has 8 rings (SSSR count). The highest BCUT2D eigenvalue weighted by Gasteiger charge is 2.43. The summed E-state index contributed by atoms with van der Waals surface area (Å²) in [6.07, 6.45) is 0.456. The first-order valence-corrected chi connectivity index (χ1v) is 22.8. The van der Waals surface area contributed by atoms with Gasteiger partial charge >= 0.3 is 19.1 Å². The number of esters is 2. The topological polar surface area (TPSA) is 226 Å². The van der Waals surface area contributed by atoms with Crippen LogP contribution < -0.4 is 5.46 Å². The molecule has 2 saturated heterocycles. The van der Waals surface area contributed by atoms with Gasteiger partial charge in [-0.1, -0.05) is 59.5 Å². The van der Waals surface area contributed by atoms with Gasteiger partial charge in [0.15, 0.2) is 23.0 Å². The number of rotatable bonds is 8. The normalized spacial score (nSPS) is 16.6. The molecule has 2 aromatic heterocycles. The fraction of sp³-hybridized carbons (Fsp3) is 0.231. The van der Waals surface area contributed by atoms with Crippen molar-refractivity contribution in [2.24, 2.45) is 0 Å². The first-order valence-electron chi connectivity index (χ1n) is 22.4. The molecule has 380 valence electrons. The Kier molecular flexibility index (Phi) is 18.0. The summed E-state index contributed by atoms with van der Waals surface area (Å²) in [5.41, 5.74) is -2.04. The summed E-state index contributed by atoms with van der Waals surface area (Å²) in [6, 6.07) is 21.5. The molecule has 4 heterocycles. The lowest BCUT2D eigenvalue weighted by Gasteiger charge is -2.13. The Morgan fingerprint density at radius 3 is 1.59 bits per heavy atom. The fourth-order valence-electron chi connectivity index (χ4n) is 7.05. The molecule has 0 unspecified atom stereocenters. The molecule has 2 aliphatic heterocycles. The van der Waals surface area contributed by atoms with Gasteiger partial charge in [0.25, 0.3) is 11.8 Å². The molecular formula is C52H44BClF4N6O10. The van der Waals surface area contributed by atoms with Gasteiger partial charge < -0.3 is 39.5 Å². The third-order valence-electron chi connectivity index (χ3n) is 10.9. The lowest BCUT2D eigenvalue weighted by atomic mass is 9.80. The van der Waals surface area contributed by atoms with Crippen LogP contribution in [0.3, 0.4) is 0 Å². The van der Waals surface area contributed by atoms with Crippen molar-refractivity contribution in [1.82, 2.24) is 29.7 Å². The summed E-state index contributed by atoms with van der Waals surface area (Å²) >= 11 is 6.02. The number of aromatic nitrogens is 4. The lowest BCUT2D eigenvalue weighted by Crippen LogP contribution is -2.37. The van der Waals surface area contributed by atoms with Crippen molar-refractivity contribution in [1.29, 1.82) is 0 Å². The van der Waals surface area contributed by atoms with E-state index in [4.69, 9.17) is 31.1 Å². The molecule has 4 N–H and O–H groups in total. The number of hydrogen-bond acceptors (Lipinski definition) is 14. The van der Waals surface area contributed by atoms with Crippen LogP contribution in [0, 0.1) is 47.0 Å². The third-order valence-corrected chi connectivity index (χ3v) is 11.1. The summed E-state index contributed by atoms with van der Waals surface area (Å²) in [6.45, 7) is 4.51. The van der Waals surface area contributed by atoms with Crippen LogP contribution in [0.25, 0.3) is 34.0 Å². The number of likely N-dealkylation sites (N-methyl/N-ethyl adjacent to an activating group) is 2. The van der Waals surface area contributed by atoms with Crippen LogP contribution in [0.15, 0.2) is 97.1 Å². The second kappa shape index (κ2) is 24.1. The van der Waals surface area contributed by atoms with Crippen LogP contribution in [-0.2, 0) is 19.1 Å². The van der Waals surface area contributed by atoms with Crippen LogP contribution in [0.4, 0.5) is 17.6 Å². The minimum absolute atomic E-state index is 0.000408. The van der Waals surface area contributed by atoms with Crippen LogP contribution in [-0.4, -0.2) is 132 Å². The molecular weight excluding hydrogens is 991 g/mol. The zero-order chi connectivity index (χ0) is 53.9. The van der Waals surface area contributed by atoms with Gasteiger partial charge in [-0.2, -0.15) is 0 Å². The van der Waals surface area contributed by atoms with E-state index in [1.54, 1.807) is 76.5 Å². The van der Waals surface area contributed by atoms with Crippen molar-refractivity contribution in [3.05, 3.63) is 148 Å². The Bertz CT molecular complexity index is 3260. The number of nitrogens with zero attached hydrogens (tertiary/aromatic N) is 6. The number of aliphatic hydroxyl groups is 2. The van der Waals surface area contributed by atoms with Crippen LogP contribution in [0.2, 0.25) is 5.15 Å². The third kappa shape index (κ3) is 13.7. The van der Waals surface area contributed by atoms with E-state index in [1.165, 1.54) is 21.9 Å². The summed E-state index contributed by atoms with van der Waals surface area (Å²) in [7, 11) is 1.25. The van der Waals surface area contributed by atoms with Crippen molar-refractivity contribution in [2.75, 3.05) is 40.4 Å². The zero-order valence-electron chi connectivity index (χ0n) is 39.9. The van der Waals surface area contributed by atoms with E-state index in [1.807, 2.05) is 0 Å². The number of likely N-dealkylation sites (tertiary alicyclic amines) is 2. The number of halogens is 5. The Morgan fingerprint density at radius 1 is 0.662 bits per heavy atom. The minimum atomic E-state index is -1.97. The maximum Gasteiger partial charge on any atom is 0.491 e. The van der Waals surface area contributed by atoms with Gasteiger partial charge in [0.05, 0.1) is 18.9 Å². The molecule has 2 atom stereocenters. The first-order chi connectivity index (χ1) is 35.1. The molecule has 2 fully saturated rings. The summed E-state index contributed by atoms with van der Waals surface area (Å²) in [5, 5.41) is 38.0. The molecule has 0 bridgehead atoms. The highest BCUT2D eigenvalue weighted by Crippen LogP contribution is 2.28. The maximum atomic E-state index is 14.5. The quantitative estimate of drug-likeness (QED) is 0.0530. The smallest absolute Gasteiger partial charge is 0.461 e.